The van der Waals surface area contributed by atoms with Crippen LogP contribution in [-0.4, -0.2) is 0 Å². The second-order valence-corrected chi connectivity index (χ2v) is 20.2. The number of aryl methyl sites for hydroxylation is 1. The van der Waals surface area contributed by atoms with Crippen LogP contribution >= 0.6 is 0 Å². The molecule has 0 aromatic heterocycles. The highest BCUT2D eigenvalue weighted by Gasteiger charge is 2.49. The molecule has 0 spiro atoms. The van der Waals surface area contributed by atoms with Crippen LogP contribution < -0.4 is 4.90 Å². The minimum Gasteiger partial charge on any atom is -0.494 e. The van der Waals surface area contributed by atoms with E-state index in [9.17, 15) is 0 Å². The minimum absolute atomic E-state index is 0.110. The monoisotopic (exact) mass is 849 g/mol. The fraction of sp³-hybridized carbons (Fsp3) is 0.270. The molecule has 2 nitrogen and oxygen atoms in total. The summed E-state index contributed by atoms with van der Waals surface area (Å²) in [5.74, 6) is 2.53. The molecule has 0 saturated heterocycles. The molecule has 2 aliphatic rings. The lowest BCUT2D eigenvalue weighted by molar-refractivity contribution is 0.203. The van der Waals surface area contributed by atoms with Crippen LogP contribution in [0.3, 0.4) is 0 Å². The third-order valence-corrected chi connectivity index (χ3v) is 15.5. The molecule has 0 saturated carbocycles. The van der Waals surface area contributed by atoms with E-state index in [1.807, 2.05) is 0 Å². The van der Waals surface area contributed by atoms with Crippen LogP contribution in [-0.2, 0) is 22.2 Å². The Bertz CT molecular complexity index is 3020. The first-order valence-electron chi connectivity index (χ1n) is 24.0. The summed E-state index contributed by atoms with van der Waals surface area (Å²) in [6.45, 7) is 24.1. The van der Waals surface area contributed by atoms with Gasteiger partial charge in [0.05, 0.1) is 5.76 Å². The van der Waals surface area contributed by atoms with E-state index >= 15 is 0 Å². The standard InChI is InChI=1S/C63H63NO/c1-39(2)62(40(3)4)58-21-15-13-19-54(58)56-29-27-52(36-60(56)62)64(53-28-30-57-55-20-14-16-22-59(55)63(41(5)6,42(7)8)61(57)37-53)51-26-25-48-33-45(23-24-49(48)35-51)32-44(10)65-38-50-34-47-18-12-11-17-46(47)31-43(50)9/h11-37,39-42H,38H2,1-10H3. The molecule has 0 N–H and O–H groups in total. The van der Waals surface area contributed by atoms with Gasteiger partial charge in [-0.3, -0.25) is 0 Å². The normalized spacial score (nSPS) is 14.6. The topological polar surface area (TPSA) is 12.5 Å². The first-order chi connectivity index (χ1) is 31.3. The second kappa shape index (κ2) is 16.2. The molecule has 0 atom stereocenters. The van der Waals surface area contributed by atoms with Crippen molar-refractivity contribution in [1.82, 2.24) is 0 Å². The van der Waals surface area contributed by atoms with Crippen LogP contribution in [0.15, 0.2) is 163 Å². The number of anilines is 3. The number of hydrogen-bond donors (Lipinski definition) is 0. The Hall–Kier alpha value is -6.38. The molecule has 0 amide bonds. The lowest BCUT2D eigenvalue weighted by Gasteiger charge is -2.41. The maximum absolute atomic E-state index is 6.37. The number of fused-ring (bicyclic) bond motifs is 8. The summed E-state index contributed by atoms with van der Waals surface area (Å²) in [4.78, 5) is 2.53. The molecule has 0 fully saturated rings. The molecule has 0 unspecified atom stereocenters. The van der Waals surface area contributed by atoms with E-state index in [2.05, 4.69) is 238 Å². The van der Waals surface area contributed by atoms with E-state index in [4.69, 9.17) is 4.74 Å². The van der Waals surface area contributed by atoms with Crippen LogP contribution in [0.2, 0.25) is 0 Å². The maximum Gasteiger partial charge on any atom is 0.113 e. The van der Waals surface area contributed by atoms with Crippen molar-refractivity contribution in [1.29, 1.82) is 0 Å². The van der Waals surface area contributed by atoms with Crippen molar-refractivity contribution in [2.75, 3.05) is 4.90 Å². The molecular formula is C63H63NO. The van der Waals surface area contributed by atoms with Gasteiger partial charge >= 0.3 is 0 Å². The van der Waals surface area contributed by atoms with E-state index < -0.39 is 0 Å². The van der Waals surface area contributed by atoms with Crippen molar-refractivity contribution < 1.29 is 4.74 Å². The van der Waals surface area contributed by atoms with Gasteiger partial charge in [0, 0.05) is 27.9 Å². The second-order valence-electron chi connectivity index (χ2n) is 20.2. The third-order valence-electron chi connectivity index (χ3n) is 15.5. The van der Waals surface area contributed by atoms with Crippen LogP contribution in [0, 0.1) is 30.6 Å². The van der Waals surface area contributed by atoms with Gasteiger partial charge in [-0.25, -0.2) is 0 Å². The van der Waals surface area contributed by atoms with Gasteiger partial charge in [-0.2, -0.15) is 0 Å². The van der Waals surface area contributed by atoms with Gasteiger partial charge in [0.15, 0.2) is 0 Å². The summed E-state index contributed by atoms with van der Waals surface area (Å²) >= 11 is 0. The van der Waals surface area contributed by atoms with E-state index in [-0.39, 0.29) is 10.8 Å². The predicted octanol–water partition coefficient (Wildman–Crippen LogP) is 17.5. The van der Waals surface area contributed by atoms with Crippen LogP contribution in [0.5, 0.6) is 0 Å². The minimum atomic E-state index is -0.110. The van der Waals surface area contributed by atoms with E-state index in [1.165, 1.54) is 88.6 Å². The molecule has 2 heteroatoms. The molecular weight excluding hydrogens is 787 g/mol. The van der Waals surface area contributed by atoms with Gasteiger partial charge < -0.3 is 9.64 Å². The largest absolute Gasteiger partial charge is 0.494 e. The third kappa shape index (κ3) is 6.66. The van der Waals surface area contributed by atoms with Gasteiger partial charge in [0.2, 0.25) is 0 Å². The van der Waals surface area contributed by atoms with Gasteiger partial charge in [-0.15, -0.1) is 0 Å². The molecule has 326 valence electrons. The Morgan fingerprint density at radius 2 is 0.892 bits per heavy atom. The van der Waals surface area contributed by atoms with E-state index in [0.29, 0.717) is 30.3 Å². The van der Waals surface area contributed by atoms with Gasteiger partial charge in [-0.1, -0.05) is 165 Å². The number of benzene rings is 8. The highest BCUT2D eigenvalue weighted by molar-refractivity contribution is 5.93. The van der Waals surface area contributed by atoms with Crippen molar-refractivity contribution in [3.8, 4) is 22.3 Å². The lowest BCUT2D eigenvalue weighted by Crippen LogP contribution is -2.37. The zero-order chi connectivity index (χ0) is 45.4. The Morgan fingerprint density at radius 1 is 0.462 bits per heavy atom. The quantitative estimate of drug-likeness (QED) is 0.120. The molecule has 0 aliphatic heterocycles. The molecule has 0 heterocycles. The Kier molecular flexibility index (Phi) is 10.6. The van der Waals surface area contributed by atoms with Gasteiger partial charge in [0.25, 0.3) is 0 Å². The zero-order valence-electron chi connectivity index (χ0n) is 40.0. The maximum atomic E-state index is 6.37. The summed E-state index contributed by atoms with van der Waals surface area (Å²) < 4.78 is 6.37. The highest BCUT2D eigenvalue weighted by atomic mass is 16.5. The van der Waals surface area contributed by atoms with E-state index in [1.54, 1.807) is 0 Å². The SMILES string of the molecule is CC(=Cc1ccc2cc(N(c3ccc4c(c3)C(C(C)C)(C(C)C)c3ccccc3-4)c3ccc4c(c3)C(C(C)C)(C(C)C)c3ccccc3-4)ccc2c1)OCc1cc2ccccc2cc1C. The Balaban J connectivity index is 1.08. The Morgan fingerprint density at radius 3 is 1.45 bits per heavy atom. The molecule has 8 aromatic carbocycles. The summed E-state index contributed by atoms with van der Waals surface area (Å²) in [6, 6.07) is 59.8. The lowest BCUT2D eigenvalue weighted by atomic mass is 9.63. The van der Waals surface area contributed by atoms with Crippen molar-refractivity contribution >= 4 is 44.7 Å². The summed E-state index contributed by atoms with van der Waals surface area (Å²) in [6.07, 6.45) is 2.16. The molecule has 2 aliphatic carbocycles. The van der Waals surface area contributed by atoms with Crippen LogP contribution in [0.4, 0.5) is 17.1 Å². The number of hydrogen-bond acceptors (Lipinski definition) is 2. The van der Waals surface area contributed by atoms with Crippen LogP contribution in [0.25, 0.3) is 49.9 Å². The summed E-state index contributed by atoms with van der Waals surface area (Å²) in [5, 5.41) is 4.91. The molecule has 0 bridgehead atoms. The van der Waals surface area contributed by atoms with Crippen molar-refractivity contribution in [3.63, 3.8) is 0 Å². The van der Waals surface area contributed by atoms with Crippen LogP contribution in [0.1, 0.15) is 101 Å². The molecule has 65 heavy (non-hydrogen) atoms. The zero-order valence-corrected chi connectivity index (χ0v) is 40.0. The first-order valence-corrected chi connectivity index (χ1v) is 24.0. The fourth-order valence-electron chi connectivity index (χ4n) is 12.7. The Labute approximate surface area is 387 Å². The molecule has 0 radical (unpaired) electrons. The number of allylic oxidation sites excluding steroid dienone is 1. The van der Waals surface area contributed by atoms with Crippen molar-refractivity contribution in [2.24, 2.45) is 23.7 Å². The highest BCUT2D eigenvalue weighted by Crippen LogP contribution is 2.59. The number of ether oxygens (including phenoxy) is 1. The van der Waals surface area contributed by atoms with Crippen molar-refractivity contribution in [2.45, 2.75) is 86.7 Å². The van der Waals surface area contributed by atoms with E-state index in [0.717, 1.165) is 17.0 Å². The molecule has 10 rings (SSSR count). The predicted molar refractivity (Wildman–Crippen MR) is 278 cm³/mol. The number of nitrogens with zero attached hydrogens (tertiary/aromatic N) is 1. The number of rotatable bonds is 11. The summed E-state index contributed by atoms with van der Waals surface area (Å²) in [7, 11) is 0. The summed E-state index contributed by atoms with van der Waals surface area (Å²) in [5.41, 5.74) is 18.1. The average molecular weight is 850 g/mol. The first kappa shape index (κ1) is 42.6. The molecule has 8 aromatic rings. The van der Waals surface area contributed by atoms with Gasteiger partial charge in [-0.05, 0) is 175 Å². The fourth-order valence-corrected chi connectivity index (χ4v) is 12.7. The van der Waals surface area contributed by atoms with Gasteiger partial charge in [0.1, 0.15) is 6.61 Å². The average Bonchev–Trinajstić information content (AvgIpc) is 3.77. The van der Waals surface area contributed by atoms with Crippen molar-refractivity contribution in [3.05, 3.63) is 202 Å². The smallest absolute Gasteiger partial charge is 0.113 e.